The first-order chi connectivity index (χ1) is 9.97. The van der Waals surface area contributed by atoms with E-state index >= 15 is 0 Å². The van der Waals surface area contributed by atoms with E-state index in [4.69, 9.17) is 9.84 Å². The first-order valence-electron chi connectivity index (χ1n) is 6.56. The van der Waals surface area contributed by atoms with Crippen molar-refractivity contribution in [2.24, 2.45) is 5.92 Å². The number of carbonyl (C=O) groups excluding carboxylic acids is 1. The fourth-order valence-electron chi connectivity index (χ4n) is 2.19. The highest BCUT2D eigenvalue weighted by atomic mass is 79.9. The first-order valence-corrected chi connectivity index (χ1v) is 7.35. The molecule has 0 radical (unpaired) electrons. The monoisotopic (exact) mass is 359 g/mol. The minimum Gasteiger partial charge on any atom is -0.490 e. The van der Waals surface area contributed by atoms with Gasteiger partial charge in [0.15, 0.2) is 11.6 Å². The molecule has 1 aliphatic heterocycles. The zero-order valence-corrected chi connectivity index (χ0v) is 12.8. The van der Waals surface area contributed by atoms with E-state index in [1.54, 1.807) is 6.07 Å². The number of hydrogen-bond acceptors (Lipinski definition) is 3. The van der Waals surface area contributed by atoms with Crippen molar-refractivity contribution < 1.29 is 23.8 Å². The zero-order valence-electron chi connectivity index (χ0n) is 11.2. The van der Waals surface area contributed by atoms with Gasteiger partial charge >= 0.3 is 5.97 Å². The van der Waals surface area contributed by atoms with Crippen LogP contribution in [0.2, 0.25) is 0 Å². The molecule has 0 saturated carbocycles. The van der Waals surface area contributed by atoms with Crippen molar-refractivity contribution in [2.45, 2.75) is 12.8 Å². The van der Waals surface area contributed by atoms with Crippen molar-refractivity contribution in [3.63, 3.8) is 0 Å². The second-order valence-corrected chi connectivity index (χ2v) is 5.75. The van der Waals surface area contributed by atoms with Crippen LogP contribution in [0.25, 0.3) is 0 Å². The molecular weight excluding hydrogens is 345 g/mol. The van der Waals surface area contributed by atoms with Crippen LogP contribution in [0.3, 0.4) is 0 Å². The number of nitrogens with zero attached hydrogens (tertiary/aromatic N) is 1. The predicted molar refractivity (Wildman–Crippen MR) is 76.5 cm³/mol. The summed E-state index contributed by atoms with van der Waals surface area (Å²) in [5, 5.41) is 8.88. The maximum Gasteiger partial charge on any atom is 0.308 e. The Kier molecular flexibility index (Phi) is 5.17. The van der Waals surface area contributed by atoms with Gasteiger partial charge in [-0.2, -0.15) is 0 Å². The van der Waals surface area contributed by atoms with Crippen molar-refractivity contribution in [1.82, 2.24) is 4.90 Å². The maximum absolute atomic E-state index is 13.5. The van der Waals surface area contributed by atoms with Gasteiger partial charge in [-0.1, -0.05) is 15.9 Å². The summed E-state index contributed by atoms with van der Waals surface area (Å²) < 4.78 is 19.3. The molecule has 21 heavy (non-hydrogen) atoms. The van der Waals surface area contributed by atoms with E-state index in [1.165, 1.54) is 17.0 Å². The second kappa shape index (κ2) is 6.89. The van der Waals surface area contributed by atoms with Crippen molar-refractivity contribution in [3.8, 4) is 5.75 Å². The molecule has 114 valence electrons. The molecule has 0 aromatic heterocycles. The van der Waals surface area contributed by atoms with E-state index in [0.29, 0.717) is 17.4 Å². The van der Waals surface area contributed by atoms with Gasteiger partial charge in [-0.15, -0.1) is 0 Å². The average molecular weight is 360 g/mol. The fraction of sp³-hybridized carbons (Fsp3) is 0.429. The van der Waals surface area contributed by atoms with Gasteiger partial charge in [0, 0.05) is 17.6 Å². The largest absolute Gasteiger partial charge is 0.490 e. The Bertz CT molecular complexity index is 552. The van der Waals surface area contributed by atoms with Crippen molar-refractivity contribution in [3.05, 3.63) is 28.5 Å². The Balaban J connectivity index is 1.78. The van der Waals surface area contributed by atoms with Crippen LogP contribution in [0, 0.1) is 11.7 Å². The third-order valence-corrected chi connectivity index (χ3v) is 3.85. The van der Waals surface area contributed by atoms with Crippen LogP contribution in [0.4, 0.5) is 4.39 Å². The van der Waals surface area contributed by atoms with Gasteiger partial charge in [0.25, 0.3) is 0 Å². The Morgan fingerprint density at radius 3 is 2.86 bits per heavy atom. The summed E-state index contributed by atoms with van der Waals surface area (Å²) in [7, 11) is 0. The van der Waals surface area contributed by atoms with Crippen LogP contribution in [0.15, 0.2) is 22.7 Å². The molecule has 1 N–H and O–H groups in total. The van der Waals surface area contributed by atoms with Gasteiger partial charge < -0.3 is 14.7 Å². The van der Waals surface area contributed by atoms with Crippen molar-refractivity contribution in [2.75, 3.05) is 19.7 Å². The minimum atomic E-state index is -0.876. The molecule has 0 bridgehead atoms. The number of carboxylic acid groups (broad SMARTS) is 1. The highest BCUT2D eigenvalue weighted by Gasteiger charge is 2.30. The third kappa shape index (κ3) is 4.17. The molecular formula is C14H15BrFNO4. The highest BCUT2D eigenvalue weighted by molar-refractivity contribution is 9.10. The van der Waals surface area contributed by atoms with E-state index in [2.05, 4.69) is 15.9 Å². The molecule has 1 aliphatic rings. The number of carbonyl (C=O) groups is 2. The van der Waals surface area contributed by atoms with Gasteiger partial charge in [-0.3, -0.25) is 9.59 Å². The number of likely N-dealkylation sites (tertiary alicyclic amines) is 1. The van der Waals surface area contributed by atoms with Crippen molar-refractivity contribution in [1.29, 1.82) is 0 Å². The molecule has 1 atom stereocenters. The Morgan fingerprint density at radius 1 is 1.48 bits per heavy atom. The standard InChI is InChI=1S/C14H15BrFNO4/c15-10-1-2-12(11(16)7-10)21-6-4-13(18)17-5-3-9(8-17)14(19)20/h1-2,7,9H,3-6,8H2,(H,19,20)/t9-/m0/s1. The van der Waals surface area contributed by atoms with Crippen LogP contribution >= 0.6 is 15.9 Å². The van der Waals surface area contributed by atoms with E-state index < -0.39 is 17.7 Å². The zero-order chi connectivity index (χ0) is 15.4. The first kappa shape index (κ1) is 15.8. The number of aliphatic carboxylic acids is 1. The molecule has 0 aliphatic carbocycles. The van der Waals surface area contributed by atoms with Gasteiger partial charge in [0.1, 0.15) is 0 Å². The number of rotatable bonds is 5. The van der Waals surface area contributed by atoms with Crippen LogP contribution in [-0.4, -0.2) is 41.6 Å². The van der Waals surface area contributed by atoms with E-state index in [0.717, 1.165) is 0 Å². The topological polar surface area (TPSA) is 66.8 Å². The smallest absolute Gasteiger partial charge is 0.308 e. The SMILES string of the molecule is O=C(O)[C@H]1CCN(C(=O)CCOc2ccc(Br)cc2F)C1. The number of amides is 1. The number of halogens is 2. The molecule has 2 rings (SSSR count). The lowest BCUT2D eigenvalue weighted by Gasteiger charge is -2.16. The summed E-state index contributed by atoms with van der Waals surface area (Å²) in [4.78, 5) is 24.2. The number of ether oxygens (including phenoxy) is 1. The molecule has 1 aromatic carbocycles. The summed E-state index contributed by atoms with van der Waals surface area (Å²) in [6.45, 7) is 0.745. The molecule has 5 nitrogen and oxygen atoms in total. The molecule has 1 fully saturated rings. The number of hydrogen-bond donors (Lipinski definition) is 1. The lowest BCUT2D eigenvalue weighted by Crippen LogP contribution is -2.30. The average Bonchev–Trinajstić information content (AvgIpc) is 2.91. The molecule has 1 heterocycles. The van der Waals surface area contributed by atoms with Crippen molar-refractivity contribution >= 4 is 27.8 Å². The van der Waals surface area contributed by atoms with Crippen LogP contribution < -0.4 is 4.74 Å². The summed E-state index contributed by atoms with van der Waals surface area (Å²) >= 11 is 3.15. The molecule has 1 amide bonds. The summed E-state index contributed by atoms with van der Waals surface area (Å²) in [6, 6.07) is 4.42. The molecule has 0 unspecified atom stereocenters. The predicted octanol–water partition coefficient (Wildman–Crippen LogP) is 2.29. The third-order valence-electron chi connectivity index (χ3n) is 3.36. The van der Waals surface area contributed by atoms with Gasteiger partial charge in [-0.05, 0) is 24.6 Å². The van der Waals surface area contributed by atoms with Gasteiger partial charge in [0.2, 0.25) is 5.91 Å². The van der Waals surface area contributed by atoms with Gasteiger partial charge in [-0.25, -0.2) is 4.39 Å². The molecule has 7 heteroatoms. The van der Waals surface area contributed by atoms with E-state index in [9.17, 15) is 14.0 Å². The molecule has 0 spiro atoms. The van der Waals surface area contributed by atoms with E-state index in [1.807, 2.05) is 0 Å². The number of benzene rings is 1. The minimum absolute atomic E-state index is 0.0611. The lowest BCUT2D eigenvalue weighted by molar-refractivity contribution is -0.141. The normalized spacial score (nSPS) is 17.8. The van der Waals surface area contributed by atoms with Gasteiger partial charge in [0.05, 0.1) is 18.9 Å². The second-order valence-electron chi connectivity index (χ2n) is 4.84. The molecule has 1 aromatic rings. The summed E-state index contributed by atoms with van der Waals surface area (Å²) in [5.74, 6) is -1.94. The Hall–Kier alpha value is -1.63. The van der Waals surface area contributed by atoms with Crippen LogP contribution in [0.1, 0.15) is 12.8 Å². The van der Waals surface area contributed by atoms with Crippen LogP contribution in [-0.2, 0) is 9.59 Å². The maximum atomic E-state index is 13.5. The van der Waals surface area contributed by atoms with Crippen LogP contribution in [0.5, 0.6) is 5.75 Å². The Labute approximate surface area is 129 Å². The highest BCUT2D eigenvalue weighted by Crippen LogP contribution is 2.22. The fourth-order valence-corrected chi connectivity index (χ4v) is 2.52. The Morgan fingerprint density at radius 2 is 2.24 bits per heavy atom. The summed E-state index contributed by atoms with van der Waals surface area (Å²) in [6.07, 6.45) is 0.575. The summed E-state index contributed by atoms with van der Waals surface area (Å²) in [5.41, 5.74) is 0. The number of carboxylic acids is 1. The van der Waals surface area contributed by atoms with E-state index in [-0.39, 0.29) is 31.2 Å². The quantitative estimate of drug-likeness (QED) is 0.875. The lowest BCUT2D eigenvalue weighted by atomic mass is 10.1. The molecule has 1 saturated heterocycles.